The number of para-hydroxylation sites is 1. The molecule has 0 radical (unpaired) electrons. The molecule has 130 valence electrons. The Labute approximate surface area is 153 Å². The van der Waals surface area contributed by atoms with Crippen molar-refractivity contribution in [1.29, 1.82) is 0 Å². The van der Waals surface area contributed by atoms with Gasteiger partial charge in [0.2, 0.25) is 22.7 Å². The first kappa shape index (κ1) is 16.3. The molecule has 0 atom stereocenters. The summed E-state index contributed by atoms with van der Waals surface area (Å²) in [5.74, 6) is -0.392. The van der Waals surface area contributed by atoms with Gasteiger partial charge in [0.1, 0.15) is 10.6 Å². The van der Waals surface area contributed by atoms with Gasteiger partial charge in [0.05, 0.1) is 11.1 Å². The average molecular weight is 365 g/mol. The number of hydrogen-bond acceptors (Lipinski definition) is 6. The van der Waals surface area contributed by atoms with Crippen molar-refractivity contribution >= 4 is 38.9 Å². The largest absolute Gasteiger partial charge is 0.494 e. The van der Waals surface area contributed by atoms with Crippen molar-refractivity contribution < 1.29 is 15.0 Å². The molecule has 0 saturated heterocycles. The highest BCUT2D eigenvalue weighted by atomic mass is 32.1. The molecule has 0 unspecified atom stereocenters. The summed E-state index contributed by atoms with van der Waals surface area (Å²) in [7, 11) is 1.75. The predicted octanol–water partition coefficient (Wildman–Crippen LogP) is 3.87. The molecule has 0 aliphatic heterocycles. The molecular formula is C19H15N3O3S. The Bertz CT molecular complexity index is 1150. The molecule has 3 aromatic rings. The molecule has 6 nitrogen and oxygen atoms in total. The highest BCUT2D eigenvalue weighted by Gasteiger charge is 2.22. The number of ketones is 1. The van der Waals surface area contributed by atoms with Crippen LogP contribution in [0.4, 0.5) is 5.13 Å². The van der Waals surface area contributed by atoms with Gasteiger partial charge in [-0.25, -0.2) is 4.99 Å². The molecule has 0 saturated carbocycles. The maximum absolute atomic E-state index is 11.9. The molecule has 2 N–H and O–H groups in total. The zero-order valence-electron chi connectivity index (χ0n) is 14.1. The predicted molar refractivity (Wildman–Crippen MR) is 102 cm³/mol. The molecule has 4 rings (SSSR count). The smallest absolute Gasteiger partial charge is 0.232 e. The van der Waals surface area contributed by atoms with Crippen LogP contribution in [-0.2, 0) is 11.8 Å². The zero-order valence-corrected chi connectivity index (χ0v) is 14.9. The van der Waals surface area contributed by atoms with Gasteiger partial charge in [0.15, 0.2) is 0 Å². The van der Waals surface area contributed by atoms with E-state index in [9.17, 15) is 15.0 Å². The van der Waals surface area contributed by atoms with E-state index in [-0.39, 0.29) is 28.4 Å². The Kier molecular flexibility index (Phi) is 3.73. The van der Waals surface area contributed by atoms with E-state index in [0.29, 0.717) is 10.4 Å². The second-order valence-corrected chi connectivity index (χ2v) is 6.98. The van der Waals surface area contributed by atoms with Gasteiger partial charge >= 0.3 is 0 Å². The topological polar surface area (TPSA) is 87.7 Å². The number of hydrogen-bond donors (Lipinski definition) is 2. The van der Waals surface area contributed by atoms with Crippen molar-refractivity contribution in [2.75, 3.05) is 0 Å². The molecule has 0 amide bonds. The van der Waals surface area contributed by atoms with Gasteiger partial charge in [-0.05, 0) is 30.7 Å². The maximum atomic E-state index is 11.9. The third-order valence-corrected chi connectivity index (χ3v) is 5.19. The minimum atomic E-state index is -0.222. The number of aliphatic imine (C=N–C) groups is 1. The van der Waals surface area contributed by atoms with Crippen LogP contribution in [0.2, 0.25) is 0 Å². The lowest BCUT2D eigenvalue weighted by Crippen LogP contribution is -2.11. The monoisotopic (exact) mass is 365 g/mol. The summed E-state index contributed by atoms with van der Waals surface area (Å²) in [6, 6.07) is 7.51. The number of aromatic nitrogens is 2. The van der Waals surface area contributed by atoms with E-state index in [1.807, 2.05) is 31.2 Å². The van der Waals surface area contributed by atoms with Crippen LogP contribution < -0.4 is 0 Å². The highest BCUT2D eigenvalue weighted by molar-refractivity contribution is 7.19. The van der Waals surface area contributed by atoms with Crippen LogP contribution in [-0.4, -0.2) is 31.3 Å². The number of carbonyl (C=O) groups excluding carboxylic acids is 1. The number of rotatable bonds is 2. The van der Waals surface area contributed by atoms with E-state index < -0.39 is 0 Å². The minimum absolute atomic E-state index is 0.0387. The van der Waals surface area contributed by atoms with Crippen LogP contribution in [0.1, 0.15) is 6.92 Å². The molecule has 1 aromatic carbocycles. The fourth-order valence-electron chi connectivity index (χ4n) is 2.93. The molecule has 1 aliphatic carbocycles. The number of benzene rings is 1. The van der Waals surface area contributed by atoms with Gasteiger partial charge in [-0.15, -0.1) is 0 Å². The van der Waals surface area contributed by atoms with Gasteiger partial charge < -0.3 is 14.8 Å². The van der Waals surface area contributed by atoms with Gasteiger partial charge in [-0.1, -0.05) is 35.6 Å². The number of carbonyl (C=O) groups is 1. The Balaban J connectivity index is 1.86. The van der Waals surface area contributed by atoms with Crippen molar-refractivity contribution in [1.82, 2.24) is 9.55 Å². The quantitative estimate of drug-likeness (QED) is 0.675. The van der Waals surface area contributed by atoms with Crippen molar-refractivity contribution in [2.24, 2.45) is 12.0 Å². The van der Waals surface area contributed by atoms with E-state index in [2.05, 4.69) is 9.98 Å². The van der Waals surface area contributed by atoms with Crippen LogP contribution in [0.5, 0.6) is 11.8 Å². The number of aromatic hydroxyl groups is 2. The van der Waals surface area contributed by atoms with E-state index in [1.54, 1.807) is 23.8 Å². The van der Waals surface area contributed by atoms with Gasteiger partial charge in [0.25, 0.3) is 0 Å². The Hall–Kier alpha value is -3.19. The third-order valence-electron chi connectivity index (χ3n) is 4.23. The standard InChI is InChI=1S/C19H15N3O3S/c1-10-7-8-14(23)12(9-10)20-19-21-17(24)16(26-19)15-11-5-3-4-6-13(11)22(2)18(15)25/h3-9,24-25H,1-2H3/b20-12-. The summed E-state index contributed by atoms with van der Waals surface area (Å²) in [6.07, 6.45) is 4.86. The fourth-order valence-corrected chi connectivity index (χ4v) is 3.83. The molecule has 1 aliphatic rings. The second kappa shape index (κ2) is 5.96. The van der Waals surface area contributed by atoms with Crippen molar-refractivity contribution in [2.45, 2.75) is 6.92 Å². The lowest BCUT2D eigenvalue weighted by molar-refractivity contribution is -0.108. The van der Waals surface area contributed by atoms with Crippen molar-refractivity contribution in [3.05, 3.63) is 48.1 Å². The second-order valence-electron chi connectivity index (χ2n) is 6.01. The van der Waals surface area contributed by atoms with Crippen molar-refractivity contribution in [3.63, 3.8) is 0 Å². The third kappa shape index (κ3) is 2.53. The van der Waals surface area contributed by atoms with E-state index in [0.717, 1.165) is 27.8 Å². The average Bonchev–Trinajstić information content (AvgIpc) is 3.09. The van der Waals surface area contributed by atoms with Gasteiger partial charge in [0, 0.05) is 12.4 Å². The summed E-state index contributed by atoms with van der Waals surface area (Å²) >= 11 is 1.12. The number of thiazole rings is 1. The first-order chi connectivity index (χ1) is 12.5. The van der Waals surface area contributed by atoms with Crippen LogP contribution in [0.3, 0.4) is 0 Å². The number of fused-ring (bicyclic) bond motifs is 1. The first-order valence-electron chi connectivity index (χ1n) is 7.91. The normalized spacial score (nSPS) is 15.8. The molecule has 7 heteroatoms. The summed E-state index contributed by atoms with van der Waals surface area (Å²) in [5.41, 5.74) is 2.53. The molecule has 2 aromatic heterocycles. The highest BCUT2D eigenvalue weighted by Crippen LogP contribution is 2.47. The maximum Gasteiger partial charge on any atom is 0.232 e. The van der Waals surface area contributed by atoms with Gasteiger partial charge in [-0.3, -0.25) is 4.79 Å². The summed E-state index contributed by atoms with van der Waals surface area (Å²) < 4.78 is 1.65. The minimum Gasteiger partial charge on any atom is -0.494 e. The molecule has 0 spiro atoms. The zero-order chi connectivity index (χ0) is 18.4. The Morgan fingerprint density at radius 2 is 1.96 bits per heavy atom. The summed E-state index contributed by atoms with van der Waals surface area (Å²) in [6.45, 7) is 1.87. The summed E-state index contributed by atoms with van der Waals surface area (Å²) in [4.78, 5) is 20.7. The number of nitrogens with zero attached hydrogens (tertiary/aromatic N) is 3. The SMILES string of the molecule is CC1=C/C(=N/c2nc(O)c(-c3c(O)n(C)c4ccccc34)s2)C(=O)C=C1. The number of allylic oxidation sites excluding steroid dienone is 4. The Morgan fingerprint density at radius 1 is 1.19 bits per heavy atom. The van der Waals surface area contributed by atoms with Crippen LogP contribution in [0.25, 0.3) is 21.3 Å². The fraction of sp³-hybridized carbons (Fsp3) is 0.105. The lowest BCUT2D eigenvalue weighted by atomic mass is 10.1. The molecule has 0 bridgehead atoms. The van der Waals surface area contributed by atoms with Gasteiger partial charge in [-0.2, -0.15) is 4.98 Å². The molecule has 0 fully saturated rings. The molecule has 2 heterocycles. The molecule has 26 heavy (non-hydrogen) atoms. The van der Waals surface area contributed by atoms with Crippen molar-refractivity contribution in [3.8, 4) is 22.2 Å². The van der Waals surface area contributed by atoms with Crippen LogP contribution in [0.15, 0.2) is 53.1 Å². The van der Waals surface area contributed by atoms with Crippen LogP contribution in [0, 0.1) is 0 Å². The Morgan fingerprint density at radius 3 is 2.77 bits per heavy atom. The lowest BCUT2D eigenvalue weighted by Gasteiger charge is -2.02. The van der Waals surface area contributed by atoms with Crippen LogP contribution >= 0.6 is 11.3 Å². The molecular weight excluding hydrogens is 350 g/mol. The number of aryl methyl sites for hydroxylation is 1. The van der Waals surface area contributed by atoms with E-state index in [4.69, 9.17) is 0 Å². The van der Waals surface area contributed by atoms with E-state index in [1.165, 1.54) is 6.08 Å². The first-order valence-corrected chi connectivity index (χ1v) is 8.73. The van der Waals surface area contributed by atoms with E-state index >= 15 is 0 Å². The summed E-state index contributed by atoms with van der Waals surface area (Å²) in [5, 5.41) is 21.9.